The van der Waals surface area contributed by atoms with E-state index in [1.165, 1.54) is 23.1 Å². The van der Waals surface area contributed by atoms with E-state index in [0.717, 1.165) is 31.2 Å². The zero-order chi connectivity index (χ0) is 23.9. The summed E-state index contributed by atoms with van der Waals surface area (Å²) in [5.41, 5.74) is 1.80. The minimum atomic E-state index is -0.374. The highest BCUT2D eigenvalue weighted by Crippen LogP contribution is 2.17. The molecule has 1 saturated carbocycles. The second-order valence-electron chi connectivity index (χ2n) is 8.74. The Morgan fingerprint density at radius 3 is 2.50 bits per heavy atom. The molecule has 178 valence electrons. The minimum Gasteiger partial charge on any atom is -0.353 e. The van der Waals surface area contributed by atoms with Crippen LogP contribution in [0.5, 0.6) is 0 Å². The van der Waals surface area contributed by atoms with Gasteiger partial charge in [-0.05, 0) is 42.7 Å². The molecule has 1 heterocycles. The number of nitrogens with zero attached hydrogens (tertiary/aromatic N) is 2. The number of hydrogen-bond donors (Lipinski definition) is 2. The number of aryl methyl sites for hydroxylation is 1. The van der Waals surface area contributed by atoms with Crippen molar-refractivity contribution in [2.24, 2.45) is 0 Å². The SMILES string of the molecule is O=C(Cn1c(=O)c(CCC(=O)NC2CCCCC2)nc2ccccc21)NCc1ccc(F)cc1. The van der Waals surface area contributed by atoms with Crippen LogP contribution in [0.4, 0.5) is 4.39 Å². The van der Waals surface area contributed by atoms with Gasteiger partial charge in [-0.3, -0.25) is 19.0 Å². The molecule has 1 aliphatic carbocycles. The van der Waals surface area contributed by atoms with Crippen LogP contribution in [0.25, 0.3) is 11.0 Å². The third kappa shape index (κ3) is 6.07. The van der Waals surface area contributed by atoms with Crippen molar-refractivity contribution in [1.29, 1.82) is 0 Å². The number of carbonyl (C=O) groups is 2. The maximum Gasteiger partial charge on any atom is 0.273 e. The van der Waals surface area contributed by atoms with Gasteiger partial charge in [0, 0.05) is 25.4 Å². The van der Waals surface area contributed by atoms with Gasteiger partial charge < -0.3 is 10.6 Å². The van der Waals surface area contributed by atoms with Crippen molar-refractivity contribution in [3.63, 3.8) is 0 Å². The van der Waals surface area contributed by atoms with Gasteiger partial charge in [0.25, 0.3) is 5.56 Å². The first-order valence-electron chi connectivity index (χ1n) is 11.8. The zero-order valence-electron chi connectivity index (χ0n) is 19.1. The maximum atomic E-state index is 13.2. The first-order chi connectivity index (χ1) is 16.5. The Morgan fingerprint density at radius 2 is 1.74 bits per heavy atom. The average molecular weight is 465 g/mol. The van der Waals surface area contributed by atoms with Gasteiger partial charge in [-0.1, -0.05) is 43.5 Å². The van der Waals surface area contributed by atoms with Crippen molar-refractivity contribution in [1.82, 2.24) is 20.2 Å². The quantitative estimate of drug-likeness (QED) is 0.535. The highest BCUT2D eigenvalue weighted by atomic mass is 19.1. The van der Waals surface area contributed by atoms with E-state index in [1.54, 1.807) is 30.3 Å². The number of nitrogens with one attached hydrogen (secondary N) is 2. The summed E-state index contributed by atoms with van der Waals surface area (Å²) in [6, 6.07) is 13.2. The lowest BCUT2D eigenvalue weighted by Gasteiger charge is -2.22. The van der Waals surface area contributed by atoms with Gasteiger partial charge in [0.05, 0.1) is 11.0 Å². The van der Waals surface area contributed by atoms with Gasteiger partial charge in [-0.2, -0.15) is 0 Å². The molecule has 2 aromatic carbocycles. The Balaban J connectivity index is 1.45. The molecular formula is C26H29FN4O3. The zero-order valence-corrected chi connectivity index (χ0v) is 19.1. The fraction of sp³-hybridized carbons (Fsp3) is 0.385. The van der Waals surface area contributed by atoms with E-state index in [-0.39, 0.29) is 60.9 Å². The molecule has 0 aliphatic heterocycles. The molecule has 0 bridgehead atoms. The normalized spacial score (nSPS) is 14.1. The summed E-state index contributed by atoms with van der Waals surface area (Å²) in [6.07, 6.45) is 5.85. The summed E-state index contributed by atoms with van der Waals surface area (Å²) < 4.78 is 14.5. The summed E-state index contributed by atoms with van der Waals surface area (Å²) >= 11 is 0. The second kappa shape index (κ2) is 11.0. The van der Waals surface area contributed by atoms with E-state index < -0.39 is 0 Å². The smallest absolute Gasteiger partial charge is 0.273 e. The number of aromatic nitrogens is 2. The molecule has 1 aromatic heterocycles. The number of para-hydroxylation sites is 2. The van der Waals surface area contributed by atoms with Crippen molar-refractivity contribution < 1.29 is 14.0 Å². The standard InChI is InChI=1S/C26H29FN4O3/c27-19-12-10-18(11-13-19)16-28-25(33)17-31-23-9-5-4-8-21(23)30-22(26(31)34)14-15-24(32)29-20-6-2-1-3-7-20/h4-5,8-13,20H,1-3,6-7,14-17H2,(H,28,33)(H,29,32). The summed E-state index contributed by atoms with van der Waals surface area (Å²) in [4.78, 5) is 42.7. The summed E-state index contributed by atoms with van der Waals surface area (Å²) in [7, 11) is 0. The Hall–Kier alpha value is -3.55. The van der Waals surface area contributed by atoms with Gasteiger partial charge in [0.2, 0.25) is 11.8 Å². The number of benzene rings is 2. The average Bonchev–Trinajstić information content (AvgIpc) is 2.85. The van der Waals surface area contributed by atoms with Crippen molar-refractivity contribution in [3.05, 3.63) is 76.0 Å². The van der Waals surface area contributed by atoms with Gasteiger partial charge in [0.15, 0.2) is 0 Å². The van der Waals surface area contributed by atoms with Crippen LogP contribution in [-0.4, -0.2) is 27.4 Å². The number of hydrogen-bond acceptors (Lipinski definition) is 4. The highest BCUT2D eigenvalue weighted by molar-refractivity contribution is 5.80. The summed E-state index contributed by atoms with van der Waals surface area (Å²) in [5, 5.41) is 5.83. The van der Waals surface area contributed by atoms with Crippen molar-refractivity contribution >= 4 is 22.8 Å². The van der Waals surface area contributed by atoms with Gasteiger partial charge >= 0.3 is 0 Å². The summed E-state index contributed by atoms with van der Waals surface area (Å²) in [5.74, 6) is -0.765. The third-order valence-corrected chi connectivity index (χ3v) is 6.18. The van der Waals surface area contributed by atoms with E-state index in [9.17, 15) is 18.8 Å². The lowest BCUT2D eigenvalue weighted by atomic mass is 9.95. The number of halogens is 1. The fourth-order valence-electron chi connectivity index (χ4n) is 4.35. The molecule has 0 atom stereocenters. The van der Waals surface area contributed by atoms with E-state index in [1.807, 2.05) is 6.07 Å². The first kappa shape index (κ1) is 23.6. The molecule has 4 rings (SSSR count). The van der Waals surface area contributed by atoms with Gasteiger partial charge in [-0.25, -0.2) is 9.37 Å². The Kier molecular flexibility index (Phi) is 7.67. The van der Waals surface area contributed by atoms with Crippen LogP contribution in [0.2, 0.25) is 0 Å². The molecule has 2 N–H and O–H groups in total. The molecule has 0 saturated heterocycles. The van der Waals surface area contributed by atoms with Crippen LogP contribution in [0.3, 0.4) is 0 Å². The Morgan fingerprint density at radius 1 is 1.00 bits per heavy atom. The van der Waals surface area contributed by atoms with Crippen LogP contribution >= 0.6 is 0 Å². The number of amides is 2. The minimum absolute atomic E-state index is 0.0788. The Labute approximate surface area is 197 Å². The molecule has 0 unspecified atom stereocenters. The molecule has 34 heavy (non-hydrogen) atoms. The van der Waals surface area contributed by atoms with Crippen molar-refractivity contribution in [3.8, 4) is 0 Å². The van der Waals surface area contributed by atoms with E-state index in [4.69, 9.17) is 0 Å². The lowest BCUT2D eigenvalue weighted by molar-refractivity contribution is -0.122. The molecule has 0 spiro atoms. The molecule has 1 fully saturated rings. The third-order valence-electron chi connectivity index (χ3n) is 6.18. The van der Waals surface area contributed by atoms with Crippen LogP contribution in [0.1, 0.15) is 49.8 Å². The monoisotopic (exact) mass is 464 g/mol. The van der Waals surface area contributed by atoms with Crippen LogP contribution < -0.4 is 16.2 Å². The number of rotatable bonds is 8. The number of carbonyl (C=O) groups excluding carboxylic acids is 2. The molecule has 8 heteroatoms. The summed E-state index contributed by atoms with van der Waals surface area (Å²) in [6.45, 7) is 0.0510. The van der Waals surface area contributed by atoms with E-state index in [0.29, 0.717) is 11.0 Å². The second-order valence-corrected chi connectivity index (χ2v) is 8.74. The van der Waals surface area contributed by atoms with Gasteiger partial charge in [-0.15, -0.1) is 0 Å². The molecule has 7 nitrogen and oxygen atoms in total. The predicted octanol–water partition coefficient (Wildman–Crippen LogP) is 3.23. The van der Waals surface area contributed by atoms with Gasteiger partial charge in [0.1, 0.15) is 18.1 Å². The molecular weight excluding hydrogens is 435 g/mol. The molecule has 1 aliphatic rings. The first-order valence-corrected chi connectivity index (χ1v) is 11.8. The maximum absolute atomic E-state index is 13.2. The fourth-order valence-corrected chi connectivity index (χ4v) is 4.35. The van der Waals surface area contributed by atoms with Crippen LogP contribution in [-0.2, 0) is 29.1 Å². The highest BCUT2D eigenvalue weighted by Gasteiger charge is 2.18. The van der Waals surface area contributed by atoms with Crippen LogP contribution in [0.15, 0.2) is 53.3 Å². The van der Waals surface area contributed by atoms with Crippen LogP contribution in [0, 0.1) is 5.82 Å². The predicted molar refractivity (Wildman–Crippen MR) is 128 cm³/mol. The Bertz CT molecular complexity index is 1220. The van der Waals surface area contributed by atoms with E-state index >= 15 is 0 Å². The largest absolute Gasteiger partial charge is 0.353 e. The number of fused-ring (bicyclic) bond motifs is 1. The molecule has 3 aromatic rings. The van der Waals surface area contributed by atoms with Crippen molar-refractivity contribution in [2.45, 2.75) is 64.1 Å². The lowest BCUT2D eigenvalue weighted by Crippen LogP contribution is -2.37. The molecule has 2 amide bonds. The molecule has 0 radical (unpaired) electrons. The van der Waals surface area contributed by atoms with E-state index in [2.05, 4.69) is 15.6 Å². The van der Waals surface area contributed by atoms with Crippen molar-refractivity contribution in [2.75, 3.05) is 0 Å². The topological polar surface area (TPSA) is 93.1 Å².